The lowest BCUT2D eigenvalue weighted by Gasteiger charge is -2.03. The second-order valence-corrected chi connectivity index (χ2v) is 5.06. The number of rotatable bonds is 8. The highest BCUT2D eigenvalue weighted by Gasteiger charge is 2.01. The molecule has 0 aliphatic carbocycles. The quantitative estimate of drug-likeness (QED) is 0.761. The molecule has 0 amide bonds. The zero-order valence-electron chi connectivity index (χ0n) is 11.7. The molecule has 4 nitrogen and oxygen atoms in total. The minimum atomic E-state index is 0.724. The van der Waals surface area contributed by atoms with Gasteiger partial charge in [-0.05, 0) is 43.1 Å². The summed E-state index contributed by atoms with van der Waals surface area (Å²) < 4.78 is 6.84. The zero-order valence-corrected chi connectivity index (χ0v) is 12.4. The fourth-order valence-corrected chi connectivity index (χ4v) is 2.15. The Labute approximate surface area is 124 Å². The minimum absolute atomic E-state index is 0.724. The van der Waals surface area contributed by atoms with Crippen LogP contribution < -0.4 is 5.32 Å². The Kier molecular flexibility index (Phi) is 6.05. The Bertz CT molecular complexity index is 527. The van der Waals surface area contributed by atoms with E-state index in [1.807, 2.05) is 35.1 Å². The zero-order chi connectivity index (χ0) is 14.2. The molecular weight excluding hydrogens is 274 g/mol. The molecule has 0 atom stereocenters. The van der Waals surface area contributed by atoms with Gasteiger partial charge in [0.25, 0.3) is 0 Å². The largest absolute Gasteiger partial charge is 0.383 e. The van der Waals surface area contributed by atoms with Crippen molar-refractivity contribution in [1.82, 2.24) is 15.1 Å². The number of hydrogen-bond acceptors (Lipinski definition) is 3. The van der Waals surface area contributed by atoms with Crippen LogP contribution in [0.2, 0.25) is 5.02 Å². The summed E-state index contributed by atoms with van der Waals surface area (Å²) in [6, 6.07) is 7.69. The van der Waals surface area contributed by atoms with E-state index < -0.39 is 0 Å². The fraction of sp³-hybridized carbons (Fsp3) is 0.400. The van der Waals surface area contributed by atoms with E-state index in [9.17, 15) is 0 Å². The molecule has 0 saturated heterocycles. The van der Waals surface area contributed by atoms with Gasteiger partial charge in [-0.15, -0.1) is 0 Å². The lowest BCUT2D eigenvalue weighted by atomic mass is 10.2. The van der Waals surface area contributed by atoms with Crippen molar-refractivity contribution < 1.29 is 4.74 Å². The Morgan fingerprint density at radius 3 is 3.05 bits per heavy atom. The molecule has 0 fully saturated rings. The van der Waals surface area contributed by atoms with Crippen molar-refractivity contribution in [3.63, 3.8) is 0 Å². The van der Waals surface area contributed by atoms with Crippen LogP contribution in [0, 0.1) is 0 Å². The molecule has 1 N–H and O–H groups in total. The van der Waals surface area contributed by atoms with Crippen LogP contribution >= 0.6 is 11.6 Å². The molecule has 0 radical (unpaired) electrons. The van der Waals surface area contributed by atoms with Crippen LogP contribution in [0.1, 0.15) is 12.0 Å². The van der Waals surface area contributed by atoms with Crippen molar-refractivity contribution in [3.05, 3.63) is 47.2 Å². The molecule has 1 aromatic heterocycles. The number of methoxy groups -OCH3 is 1. The summed E-state index contributed by atoms with van der Waals surface area (Å²) in [4.78, 5) is 0. The lowest BCUT2D eigenvalue weighted by molar-refractivity contribution is 0.199. The van der Waals surface area contributed by atoms with Crippen LogP contribution in [0.5, 0.6) is 0 Å². The summed E-state index contributed by atoms with van der Waals surface area (Å²) in [6.07, 6.45) is 6.07. The molecule has 1 aromatic carbocycles. The van der Waals surface area contributed by atoms with E-state index in [1.165, 1.54) is 5.56 Å². The van der Waals surface area contributed by atoms with Gasteiger partial charge in [0, 0.05) is 24.9 Å². The van der Waals surface area contributed by atoms with Gasteiger partial charge in [0.15, 0.2) is 0 Å². The highest BCUT2D eigenvalue weighted by atomic mass is 35.5. The maximum absolute atomic E-state index is 5.99. The highest BCUT2D eigenvalue weighted by molar-refractivity contribution is 6.30. The van der Waals surface area contributed by atoms with Crippen LogP contribution in [0.15, 0.2) is 36.7 Å². The maximum Gasteiger partial charge on any atom is 0.0660 e. The summed E-state index contributed by atoms with van der Waals surface area (Å²) >= 11 is 5.99. The number of nitrogens with one attached hydrogen (secondary N) is 1. The summed E-state index contributed by atoms with van der Waals surface area (Å²) in [5.41, 5.74) is 2.22. The van der Waals surface area contributed by atoms with Crippen LogP contribution in [-0.4, -0.2) is 36.6 Å². The van der Waals surface area contributed by atoms with Crippen LogP contribution in [-0.2, 0) is 11.2 Å². The number of halogens is 1. The molecule has 0 aliphatic rings. The van der Waals surface area contributed by atoms with Crippen molar-refractivity contribution in [2.75, 3.05) is 26.8 Å². The van der Waals surface area contributed by atoms with Crippen molar-refractivity contribution in [3.8, 4) is 5.69 Å². The first-order valence-electron chi connectivity index (χ1n) is 6.79. The number of aromatic nitrogens is 2. The Morgan fingerprint density at radius 2 is 2.25 bits per heavy atom. The minimum Gasteiger partial charge on any atom is -0.383 e. The lowest BCUT2D eigenvalue weighted by Crippen LogP contribution is -2.20. The van der Waals surface area contributed by atoms with Gasteiger partial charge in [-0.1, -0.05) is 17.7 Å². The van der Waals surface area contributed by atoms with Gasteiger partial charge < -0.3 is 10.1 Å². The topological polar surface area (TPSA) is 39.1 Å². The van der Waals surface area contributed by atoms with E-state index in [0.717, 1.165) is 43.2 Å². The summed E-state index contributed by atoms with van der Waals surface area (Å²) in [7, 11) is 1.71. The Morgan fingerprint density at radius 1 is 1.35 bits per heavy atom. The predicted molar refractivity (Wildman–Crippen MR) is 81.6 cm³/mol. The van der Waals surface area contributed by atoms with Gasteiger partial charge >= 0.3 is 0 Å². The molecule has 0 saturated carbocycles. The number of aryl methyl sites for hydroxylation is 1. The smallest absolute Gasteiger partial charge is 0.0660 e. The molecule has 0 unspecified atom stereocenters. The van der Waals surface area contributed by atoms with Crippen molar-refractivity contribution in [2.45, 2.75) is 12.8 Å². The summed E-state index contributed by atoms with van der Waals surface area (Å²) in [6.45, 7) is 2.65. The van der Waals surface area contributed by atoms with E-state index in [-0.39, 0.29) is 0 Å². The van der Waals surface area contributed by atoms with Gasteiger partial charge in [0.2, 0.25) is 0 Å². The van der Waals surface area contributed by atoms with Crippen molar-refractivity contribution >= 4 is 11.6 Å². The van der Waals surface area contributed by atoms with Crippen LogP contribution in [0.3, 0.4) is 0 Å². The van der Waals surface area contributed by atoms with E-state index in [4.69, 9.17) is 16.3 Å². The molecule has 20 heavy (non-hydrogen) atoms. The van der Waals surface area contributed by atoms with Crippen molar-refractivity contribution in [2.24, 2.45) is 0 Å². The SMILES string of the molecule is COCCNCCCc1cnn(-c2cccc(Cl)c2)c1. The number of benzene rings is 1. The number of nitrogens with zero attached hydrogens (tertiary/aromatic N) is 2. The molecule has 108 valence electrons. The van der Waals surface area contributed by atoms with Crippen LogP contribution in [0.4, 0.5) is 0 Å². The van der Waals surface area contributed by atoms with E-state index in [0.29, 0.717) is 0 Å². The molecular formula is C15H20ClN3O. The number of ether oxygens (including phenoxy) is 1. The van der Waals surface area contributed by atoms with Crippen LogP contribution in [0.25, 0.3) is 5.69 Å². The first kappa shape index (κ1) is 15.0. The first-order valence-corrected chi connectivity index (χ1v) is 7.16. The third-order valence-electron chi connectivity index (χ3n) is 3.01. The Hall–Kier alpha value is -1.36. The highest BCUT2D eigenvalue weighted by Crippen LogP contribution is 2.15. The second-order valence-electron chi connectivity index (χ2n) is 4.62. The Balaban J connectivity index is 1.80. The normalized spacial score (nSPS) is 10.9. The standard InChI is InChI=1S/C15H20ClN3O/c1-20-9-8-17-7-3-4-13-11-18-19(12-13)15-6-2-5-14(16)10-15/h2,5-6,10-12,17H,3-4,7-9H2,1H3. The third kappa shape index (κ3) is 4.63. The molecule has 1 heterocycles. The van der Waals surface area contributed by atoms with Gasteiger partial charge in [-0.2, -0.15) is 5.10 Å². The summed E-state index contributed by atoms with van der Waals surface area (Å²) in [5.74, 6) is 0. The van der Waals surface area contributed by atoms with E-state index >= 15 is 0 Å². The first-order chi connectivity index (χ1) is 9.79. The number of hydrogen-bond donors (Lipinski definition) is 1. The second kappa shape index (κ2) is 8.04. The molecule has 0 spiro atoms. The van der Waals surface area contributed by atoms with E-state index in [1.54, 1.807) is 7.11 Å². The average molecular weight is 294 g/mol. The van der Waals surface area contributed by atoms with Gasteiger partial charge in [0.05, 0.1) is 18.5 Å². The summed E-state index contributed by atoms with van der Waals surface area (Å²) in [5, 5.41) is 8.43. The fourth-order valence-electron chi connectivity index (χ4n) is 1.97. The molecule has 5 heteroatoms. The molecule has 0 bridgehead atoms. The third-order valence-corrected chi connectivity index (χ3v) is 3.25. The van der Waals surface area contributed by atoms with Gasteiger partial charge in [-0.3, -0.25) is 0 Å². The van der Waals surface area contributed by atoms with Gasteiger partial charge in [-0.25, -0.2) is 4.68 Å². The monoisotopic (exact) mass is 293 g/mol. The van der Waals surface area contributed by atoms with Gasteiger partial charge in [0.1, 0.15) is 0 Å². The van der Waals surface area contributed by atoms with E-state index in [2.05, 4.69) is 16.6 Å². The molecule has 2 rings (SSSR count). The predicted octanol–water partition coefficient (Wildman–Crippen LogP) is 2.69. The molecule has 0 aliphatic heterocycles. The average Bonchev–Trinajstić information content (AvgIpc) is 2.91. The maximum atomic E-state index is 5.99. The molecule has 2 aromatic rings. The van der Waals surface area contributed by atoms with Crippen molar-refractivity contribution in [1.29, 1.82) is 0 Å².